The highest BCUT2D eigenvalue weighted by molar-refractivity contribution is 5.90. The first-order valence-corrected chi connectivity index (χ1v) is 7.80. The van der Waals surface area contributed by atoms with E-state index in [0.717, 1.165) is 5.56 Å². The molecule has 2 aromatic carbocycles. The van der Waals surface area contributed by atoms with E-state index in [2.05, 4.69) is 15.5 Å². The van der Waals surface area contributed by atoms with E-state index in [1.165, 1.54) is 0 Å². The van der Waals surface area contributed by atoms with Crippen LogP contribution in [0.1, 0.15) is 29.2 Å². The van der Waals surface area contributed by atoms with Crippen LogP contribution in [0.25, 0.3) is 11.4 Å². The van der Waals surface area contributed by atoms with Crippen LogP contribution in [0.4, 0.5) is 0 Å². The Kier molecular flexibility index (Phi) is 3.81. The largest absolute Gasteiger partial charge is 0.454 e. The average Bonchev–Trinajstić information content (AvgIpc) is 3.31. The molecule has 1 aromatic heterocycles. The van der Waals surface area contributed by atoms with E-state index in [-0.39, 0.29) is 18.7 Å². The zero-order chi connectivity index (χ0) is 17.2. The SMILES string of the molecule is CC(NC(=O)c1nc(-c2ccc3c(c2)OCO3)no1)c1ccccc1. The molecule has 0 spiro atoms. The van der Waals surface area contributed by atoms with Crippen molar-refractivity contribution >= 4 is 5.91 Å². The minimum absolute atomic E-state index is 0.0875. The summed E-state index contributed by atoms with van der Waals surface area (Å²) in [5.41, 5.74) is 1.68. The van der Waals surface area contributed by atoms with Crippen LogP contribution in [0, 0.1) is 0 Å². The molecule has 0 aliphatic carbocycles. The van der Waals surface area contributed by atoms with Gasteiger partial charge in [-0.25, -0.2) is 0 Å². The molecule has 0 radical (unpaired) electrons. The summed E-state index contributed by atoms with van der Waals surface area (Å²) in [6.07, 6.45) is 0. The van der Waals surface area contributed by atoms with Crippen molar-refractivity contribution in [1.29, 1.82) is 0 Å². The van der Waals surface area contributed by atoms with Gasteiger partial charge in [0.05, 0.1) is 6.04 Å². The first-order chi connectivity index (χ1) is 12.2. The number of aromatic nitrogens is 2. The number of hydrogen-bond donors (Lipinski definition) is 1. The summed E-state index contributed by atoms with van der Waals surface area (Å²) in [6, 6.07) is 14.8. The van der Waals surface area contributed by atoms with Crippen LogP contribution in [-0.4, -0.2) is 22.8 Å². The fourth-order valence-corrected chi connectivity index (χ4v) is 2.55. The molecule has 1 aliphatic heterocycles. The second-order valence-electron chi connectivity index (χ2n) is 5.60. The third-order valence-corrected chi connectivity index (χ3v) is 3.90. The molecule has 7 heteroatoms. The van der Waals surface area contributed by atoms with Crippen molar-refractivity contribution in [1.82, 2.24) is 15.5 Å². The summed E-state index contributed by atoms with van der Waals surface area (Å²) in [4.78, 5) is 16.5. The normalized spacial score (nSPS) is 13.5. The molecule has 126 valence electrons. The number of benzene rings is 2. The Morgan fingerprint density at radius 3 is 2.76 bits per heavy atom. The van der Waals surface area contributed by atoms with Crippen molar-refractivity contribution in [3.05, 3.63) is 60.0 Å². The molecule has 0 saturated heterocycles. The number of nitrogens with zero attached hydrogens (tertiary/aromatic N) is 2. The van der Waals surface area contributed by atoms with Crippen LogP contribution >= 0.6 is 0 Å². The molecular weight excluding hydrogens is 322 g/mol. The van der Waals surface area contributed by atoms with Gasteiger partial charge in [-0.3, -0.25) is 4.79 Å². The van der Waals surface area contributed by atoms with Gasteiger partial charge in [-0.05, 0) is 30.7 Å². The number of rotatable bonds is 4. The number of carbonyl (C=O) groups excluding carboxylic acids is 1. The lowest BCUT2D eigenvalue weighted by Gasteiger charge is -2.12. The van der Waals surface area contributed by atoms with Crippen LogP contribution in [0.2, 0.25) is 0 Å². The molecule has 4 rings (SSSR count). The van der Waals surface area contributed by atoms with Crippen LogP contribution < -0.4 is 14.8 Å². The average molecular weight is 337 g/mol. The maximum Gasteiger partial charge on any atom is 0.316 e. The topological polar surface area (TPSA) is 86.5 Å². The predicted octanol–water partition coefficient (Wildman–Crippen LogP) is 2.96. The van der Waals surface area contributed by atoms with E-state index in [4.69, 9.17) is 14.0 Å². The van der Waals surface area contributed by atoms with E-state index in [1.54, 1.807) is 18.2 Å². The van der Waals surface area contributed by atoms with Gasteiger partial charge in [-0.15, -0.1) is 0 Å². The van der Waals surface area contributed by atoms with Crippen LogP contribution in [0.3, 0.4) is 0 Å². The van der Waals surface area contributed by atoms with Gasteiger partial charge in [0, 0.05) is 5.56 Å². The molecule has 2 heterocycles. The smallest absolute Gasteiger partial charge is 0.316 e. The third-order valence-electron chi connectivity index (χ3n) is 3.90. The summed E-state index contributed by atoms with van der Waals surface area (Å²) in [5, 5.41) is 6.71. The lowest BCUT2D eigenvalue weighted by molar-refractivity contribution is 0.0895. The zero-order valence-corrected chi connectivity index (χ0v) is 13.4. The fraction of sp³-hybridized carbons (Fsp3) is 0.167. The maximum absolute atomic E-state index is 12.3. The van der Waals surface area contributed by atoms with Gasteiger partial charge in [-0.2, -0.15) is 4.98 Å². The summed E-state index contributed by atoms with van der Waals surface area (Å²) < 4.78 is 15.7. The Morgan fingerprint density at radius 2 is 1.92 bits per heavy atom. The minimum Gasteiger partial charge on any atom is -0.454 e. The summed E-state index contributed by atoms with van der Waals surface area (Å²) >= 11 is 0. The van der Waals surface area contributed by atoms with Crippen molar-refractivity contribution in [3.8, 4) is 22.9 Å². The molecule has 1 N–H and O–H groups in total. The lowest BCUT2D eigenvalue weighted by Crippen LogP contribution is -2.26. The van der Waals surface area contributed by atoms with Gasteiger partial charge < -0.3 is 19.3 Å². The highest BCUT2D eigenvalue weighted by Crippen LogP contribution is 2.35. The fourth-order valence-electron chi connectivity index (χ4n) is 2.55. The van der Waals surface area contributed by atoms with Crippen LogP contribution in [-0.2, 0) is 0 Å². The van der Waals surface area contributed by atoms with Gasteiger partial charge in [0.25, 0.3) is 0 Å². The van der Waals surface area contributed by atoms with E-state index in [9.17, 15) is 4.79 Å². The predicted molar refractivity (Wildman–Crippen MR) is 88.2 cm³/mol. The lowest BCUT2D eigenvalue weighted by atomic mass is 10.1. The summed E-state index contributed by atoms with van der Waals surface area (Å²) in [5.74, 6) is 1.09. The van der Waals surface area contributed by atoms with E-state index in [0.29, 0.717) is 22.9 Å². The Hall–Kier alpha value is -3.35. The number of hydrogen-bond acceptors (Lipinski definition) is 6. The number of nitrogens with one attached hydrogen (secondary N) is 1. The van der Waals surface area contributed by atoms with Gasteiger partial charge >= 0.3 is 11.8 Å². The third kappa shape index (κ3) is 3.03. The first-order valence-electron chi connectivity index (χ1n) is 7.80. The highest BCUT2D eigenvalue weighted by atomic mass is 16.7. The van der Waals surface area contributed by atoms with E-state index in [1.807, 2.05) is 37.3 Å². The van der Waals surface area contributed by atoms with Gasteiger partial charge in [0.2, 0.25) is 12.6 Å². The molecule has 1 amide bonds. The summed E-state index contributed by atoms with van der Waals surface area (Å²) in [7, 11) is 0. The molecule has 3 aromatic rings. The maximum atomic E-state index is 12.3. The van der Waals surface area contributed by atoms with Crippen molar-refractivity contribution in [2.45, 2.75) is 13.0 Å². The van der Waals surface area contributed by atoms with Crippen molar-refractivity contribution < 1.29 is 18.8 Å². The molecule has 0 bridgehead atoms. The second-order valence-corrected chi connectivity index (χ2v) is 5.60. The van der Waals surface area contributed by atoms with Crippen LogP contribution in [0.15, 0.2) is 53.1 Å². The monoisotopic (exact) mass is 337 g/mol. The molecule has 25 heavy (non-hydrogen) atoms. The van der Waals surface area contributed by atoms with E-state index < -0.39 is 5.91 Å². The van der Waals surface area contributed by atoms with E-state index >= 15 is 0 Å². The standard InChI is InChI=1S/C18H15N3O4/c1-11(12-5-3-2-4-6-12)19-17(22)18-20-16(21-25-18)13-7-8-14-15(9-13)24-10-23-14/h2-9,11H,10H2,1H3,(H,19,22). The van der Waals surface area contributed by atoms with Crippen molar-refractivity contribution in [2.24, 2.45) is 0 Å². The molecule has 1 atom stereocenters. The Morgan fingerprint density at radius 1 is 1.12 bits per heavy atom. The molecular formula is C18H15N3O4. The van der Waals surface area contributed by atoms with Crippen molar-refractivity contribution in [2.75, 3.05) is 6.79 Å². The van der Waals surface area contributed by atoms with Crippen LogP contribution in [0.5, 0.6) is 11.5 Å². The minimum atomic E-state index is -0.421. The zero-order valence-electron chi connectivity index (χ0n) is 13.4. The van der Waals surface area contributed by atoms with Gasteiger partial charge in [-0.1, -0.05) is 35.5 Å². The van der Waals surface area contributed by atoms with Crippen molar-refractivity contribution in [3.63, 3.8) is 0 Å². The highest BCUT2D eigenvalue weighted by Gasteiger charge is 2.20. The van der Waals surface area contributed by atoms with Gasteiger partial charge in [0.1, 0.15) is 0 Å². The number of carbonyl (C=O) groups is 1. The molecule has 1 unspecified atom stereocenters. The molecule has 0 saturated carbocycles. The molecule has 1 aliphatic rings. The quantitative estimate of drug-likeness (QED) is 0.788. The Bertz CT molecular complexity index is 908. The second kappa shape index (κ2) is 6.27. The number of amides is 1. The molecule has 7 nitrogen and oxygen atoms in total. The number of ether oxygens (including phenoxy) is 2. The number of fused-ring (bicyclic) bond motifs is 1. The van der Waals surface area contributed by atoms with Gasteiger partial charge in [0.15, 0.2) is 11.5 Å². The first kappa shape index (κ1) is 15.2. The molecule has 0 fully saturated rings. The summed E-state index contributed by atoms with van der Waals surface area (Å²) in [6.45, 7) is 2.08. The Balaban J connectivity index is 1.50. The Labute approximate surface area is 143 Å².